The molecule has 0 aliphatic rings. The molecule has 0 radical (unpaired) electrons. The normalized spacial score (nSPS) is 11.3. The summed E-state index contributed by atoms with van der Waals surface area (Å²) in [5.41, 5.74) is 6.68. The first-order chi connectivity index (χ1) is 10.8. The molecule has 0 spiro atoms. The van der Waals surface area contributed by atoms with Crippen molar-refractivity contribution in [1.29, 1.82) is 0 Å². The maximum Gasteiger partial charge on any atom is 0.573 e. The first-order valence-electron chi connectivity index (χ1n) is 6.71. The fourth-order valence-corrected chi connectivity index (χ4v) is 2.76. The lowest BCUT2D eigenvalue weighted by Crippen LogP contribution is -2.16. The minimum absolute atomic E-state index is 0.233. The number of benzene rings is 2. The molecule has 23 heavy (non-hydrogen) atoms. The van der Waals surface area contributed by atoms with Crippen molar-refractivity contribution < 1.29 is 22.7 Å². The van der Waals surface area contributed by atoms with Gasteiger partial charge in [0, 0.05) is 16.2 Å². The van der Waals surface area contributed by atoms with E-state index >= 15 is 0 Å². The fraction of sp³-hybridized carbons (Fsp3) is 0.188. The summed E-state index contributed by atoms with van der Waals surface area (Å²) in [6.07, 6.45) is -3.91. The van der Waals surface area contributed by atoms with Gasteiger partial charge in [0.05, 0.1) is 0 Å². The second-order valence-corrected chi connectivity index (χ2v) is 5.85. The number of ether oxygens (including phenoxy) is 1. The van der Waals surface area contributed by atoms with Crippen LogP contribution in [-0.4, -0.2) is 18.0 Å². The third-order valence-electron chi connectivity index (χ3n) is 2.96. The Morgan fingerprint density at radius 1 is 1.04 bits per heavy atom. The largest absolute Gasteiger partial charge is 0.573 e. The summed E-state index contributed by atoms with van der Waals surface area (Å²) in [5.74, 6) is 0.0612. The minimum atomic E-state index is -4.67. The van der Waals surface area contributed by atoms with Gasteiger partial charge in [-0.1, -0.05) is 12.1 Å². The Morgan fingerprint density at radius 3 is 2.17 bits per heavy atom. The Labute approximate surface area is 135 Å². The highest BCUT2D eigenvalue weighted by atomic mass is 32.2. The maximum absolute atomic E-state index is 12.1. The average Bonchev–Trinajstić information content (AvgIpc) is 2.48. The highest BCUT2D eigenvalue weighted by Gasteiger charge is 2.30. The van der Waals surface area contributed by atoms with E-state index in [1.807, 2.05) is 12.1 Å². The van der Waals surface area contributed by atoms with Crippen LogP contribution in [0.25, 0.3) is 0 Å². The van der Waals surface area contributed by atoms with Crippen molar-refractivity contribution in [2.45, 2.75) is 17.7 Å². The molecule has 0 atom stereocenters. The molecule has 7 heteroatoms. The predicted molar refractivity (Wildman–Crippen MR) is 82.5 cm³/mol. The molecule has 2 N–H and O–H groups in total. The zero-order chi connectivity index (χ0) is 16.9. The lowest BCUT2D eigenvalue weighted by molar-refractivity contribution is -0.274. The van der Waals surface area contributed by atoms with E-state index in [0.717, 1.165) is 22.6 Å². The highest BCUT2D eigenvalue weighted by molar-refractivity contribution is 7.99. The summed E-state index contributed by atoms with van der Waals surface area (Å²) in [4.78, 5) is 11.8. The molecule has 0 heterocycles. The zero-order valence-electron chi connectivity index (χ0n) is 12.0. The van der Waals surface area contributed by atoms with Crippen LogP contribution in [0.5, 0.6) is 5.75 Å². The van der Waals surface area contributed by atoms with Gasteiger partial charge >= 0.3 is 6.36 Å². The third kappa shape index (κ3) is 5.86. The average molecular weight is 341 g/mol. The highest BCUT2D eigenvalue weighted by Crippen LogP contribution is 2.26. The number of amides is 1. The van der Waals surface area contributed by atoms with E-state index in [1.165, 1.54) is 23.9 Å². The maximum atomic E-state index is 12.1. The van der Waals surface area contributed by atoms with Crippen LogP contribution in [-0.2, 0) is 6.42 Å². The van der Waals surface area contributed by atoms with E-state index in [9.17, 15) is 18.0 Å². The molecule has 0 saturated carbocycles. The summed E-state index contributed by atoms with van der Waals surface area (Å²) in [6.45, 7) is 0. The van der Waals surface area contributed by atoms with Crippen LogP contribution in [0.1, 0.15) is 15.9 Å². The molecular formula is C16H14F3NO2S. The number of halogens is 3. The Morgan fingerprint density at radius 2 is 1.65 bits per heavy atom. The van der Waals surface area contributed by atoms with Gasteiger partial charge < -0.3 is 10.5 Å². The number of alkyl halides is 3. The van der Waals surface area contributed by atoms with Crippen LogP contribution < -0.4 is 10.5 Å². The third-order valence-corrected chi connectivity index (χ3v) is 3.97. The smallest absolute Gasteiger partial charge is 0.406 e. The van der Waals surface area contributed by atoms with E-state index in [-0.39, 0.29) is 5.75 Å². The molecule has 1 amide bonds. The van der Waals surface area contributed by atoms with Gasteiger partial charge in [0.2, 0.25) is 5.91 Å². The zero-order valence-corrected chi connectivity index (χ0v) is 12.8. The predicted octanol–water partition coefficient (Wildman–Crippen LogP) is 4.02. The van der Waals surface area contributed by atoms with Crippen LogP contribution in [0.2, 0.25) is 0 Å². The minimum Gasteiger partial charge on any atom is -0.406 e. The van der Waals surface area contributed by atoms with E-state index in [1.54, 1.807) is 24.3 Å². The monoisotopic (exact) mass is 341 g/mol. The first-order valence-corrected chi connectivity index (χ1v) is 7.69. The van der Waals surface area contributed by atoms with E-state index < -0.39 is 12.3 Å². The molecule has 122 valence electrons. The van der Waals surface area contributed by atoms with Crippen molar-refractivity contribution in [1.82, 2.24) is 0 Å². The van der Waals surface area contributed by atoms with Gasteiger partial charge in [-0.2, -0.15) is 0 Å². The van der Waals surface area contributed by atoms with Crippen molar-refractivity contribution in [2.24, 2.45) is 5.73 Å². The number of carbonyl (C=O) groups excluding carboxylic acids is 1. The van der Waals surface area contributed by atoms with Crippen molar-refractivity contribution in [3.8, 4) is 5.75 Å². The Balaban J connectivity index is 1.83. The number of primary amides is 1. The summed E-state index contributed by atoms with van der Waals surface area (Å²) < 4.78 is 40.0. The first kappa shape index (κ1) is 17.2. The molecule has 2 aromatic rings. The van der Waals surface area contributed by atoms with Crippen molar-refractivity contribution in [3.05, 3.63) is 59.7 Å². The summed E-state index contributed by atoms with van der Waals surface area (Å²) in [6, 6.07) is 12.8. The van der Waals surface area contributed by atoms with E-state index in [0.29, 0.717) is 5.56 Å². The molecule has 2 aromatic carbocycles. The van der Waals surface area contributed by atoms with Gasteiger partial charge in [-0.25, -0.2) is 0 Å². The number of nitrogens with two attached hydrogens (primary N) is 1. The lowest BCUT2D eigenvalue weighted by Gasteiger charge is -2.09. The molecule has 0 aliphatic heterocycles. The van der Waals surface area contributed by atoms with Crippen molar-refractivity contribution in [3.63, 3.8) is 0 Å². The van der Waals surface area contributed by atoms with Gasteiger partial charge in [-0.15, -0.1) is 24.9 Å². The fourth-order valence-electron chi connectivity index (χ4n) is 1.86. The topological polar surface area (TPSA) is 52.3 Å². The summed E-state index contributed by atoms with van der Waals surface area (Å²) in [5, 5.41) is 0. The van der Waals surface area contributed by atoms with Crippen LogP contribution in [0, 0.1) is 0 Å². The van der Waals surface area contributed by atoms with E-state index in [4.69, 9.17) is 5.73 Å². The number of aryl methyl sites for hydroxylation is 1. The standard InChI is InChI=1S/C16H14F3NO2S/c17-16(18,19)22-13-5-7-14(8-6-13)23-10-9-11-1-3-12(4-2-11)15(20)21/h1-8H,9-10H2,(H2,20,21). The quantitative estimate of drug-likeness (QED) is 0.808. The molecule has 0 saturated heterocycles. The van der Waals surface area contributed by atoms with E-state index in [2.05, 4.69) is 4.74 Å². The lowest BCUT2D eigenvalue weighted by atomic mass is 10.1. The van der Waals surface area contributed by atoms with Gasteiger partial charge in [-0.05, 0) is 48.4 Å². The number of hydrogen-bond acceptors (Lipinski definition) is 3. The second-order valence-electron chi connectivity index (χ2n) is 4.68. The number of thioether (sulfide) groups is 1. The van der Waals surface area contributed by atoms with Gasteiger partial charge in [0.1, 0.15) is 5.75 Å². The molecule has 3 nitrogen and oxygen atoms in total. The van der Waals surface area contributed by atoms with Crippen LogP contribution in [0.4, 0.5) is 13.2 Å². The summed E-state index contributed by atoms with van der Waals surface area (Å²) in [7, 11) is 0. The Kier molecular flexibility index (Phi) is 5.54. The van der Waals surface area contributed by atoms with Crippen molar-refractivity contribution >= 4 is 17.7 Å². The van der Waals surface area contributed by atoms with Crippen LogP contribution in [0.15, 0.2) is 53.4 Å². The number of carbonyl (C=O) groups is 1. The van der Waals surface area contributed by atoms with Crippen LogP contribution in [0.3, 0.4) is 0 Å². The number of hydrogen-bond donors (Lipinski definition) is 1. The molecule has 0 aliphatic carbocycles. The molecule has 0 aromatic heterocycles. The second kappa shape index (κ2) is 7.41. The van der Waals surface area contributed by atoms with Gasteiger partial charge in [-0.3, -0.25) is 4.79 Å². The molecule has 2 rings (SSSR count). The molecule has 0 bridgehead atoms. The Hall–Kier alpha value is -2.15. The molecular weight excluding hydrogens is 327 g/mol. The Bertz CT molecular complexity index is 655. The van der Waals surface area contributed by atoms with Crippen molar-refractivity contribution in [2.75, 3.05) is 5.75 Å². The number of rotatable bonds is 6. The SMILES string of the molecule is NC(=O)c1ccc(CCSc2ccc(OC(F)(F)F)cc2)cc1. The van der Waals surface area contributed by atoms with Gasteiger partial charge in [0.25, 0.3) is 0 Å². The molecule has 0 unspecified atom stereocenters. The summed E-state index contributed by atoms with van der Waals surface area (Å²) >= 11 is 1.52. The molecule has 0 fully saturated rings. The van der Waals surface area contributed by atoms with Crippen LogP contribution >= 0.6 is 11.8 Å². The van der Waals surface area contributed by atoms with Gasteiger partial charge in [0.15, 0.2) is 0 Å².